The van der Waals surface area contributed by atoms with E-state index in [2.05, 4.69) is 17.4 Å². The SMILES string of the molecule is CC1C(=O)NCC(=O)N1C(C)(C)CCc1ccccc1. The predicted octanol–water partition coefficient (Wildman–Crippen LogP) is 1.74. The predicted molar refractivity (Wildman–Crippen MR) is 78.2 cm³/mol. The fraction of sp³-hybridized carbons (Fsp3) is 0.500. The Kier molecular flexibility index (Phi) is 4.12. The molecule has 4 nitrogen and oxygen atoms in total. The zero-order valence-electron chi connectivity index (χ0n) is 12.3. The Morgan fingerprint density at radius 2 is 1.90 bits per heavy atom. The molecule has 2 amide bonds. The van der Waals surface area contributed by atoms with Crippen LogP contribution < -0.4 is 5.32 Å². The summed E-state index contributed by atoms with van der Waals surface area (Å²) in [5, 5.41) is 2.63. The highest BCUT2D eigenvalue weighted by molar-refractivity contribution is 5.94. The number of carbonyl (C=O) groups is 2. The van der Waals surface area contributed by atoms with Crippen molar-refractivity contribution in [1.82, 2.24) is 10.2 Å². The smallest absolute Gasteiger partial charge is 0.243 e. The molecule has 0 bridgehead atoms. The fourth-order valence-electron chi connectivity index (χ4n) is 2.81. The quantitative estimate of drug-likeness (QED) is 0.909. The largest absolute Gasteiger partial charge is 0.345 e. The molecule has 0 saturated carbocycles. The number of carbonyl (C=O) groups excluding carboxylic acids is 2. The van der Waals surface area contributed by atoms with Crippen molar-refractivity contribution in [2.24, 2.45) is 0 Å². The number of aryl methyl sites for hydroxylation is 1. The maximum Gasteiger partial charge on any atom is 0.243 e. The van der Waals surface area contributed by atoms with Crippen molar-refractivity contribution in [3.8, 4) is 0 Å². The van der Waals surface area contributed by atoms with E-state index in [0.717, 1.165) is 12.8 Å². The van der Waals surface area contributed by atoms with Gasteiger partial charge in [0.05, 0.1) is 6.54 Å². The topological polar surface area (TPSA) is 49.4 Å². The summed E-state index contributed by atoms with van der Waals surface area (Å²) in [5.74, 6) is -0.0763. The van der Waals surface area contributed by atoms with Crippen LogP contribution in [0, 0.1) is 0 Å². The molecule has 1 fully saturated rings. The summed E-state index contributed by atoms with van der Waals surface area (Å²) >= 11 is 0. The molecule has 0 spiro atoms. The summed E-state index contributed by atoms with van der Waals surface area (Å²) in [6.45, 7) is 5.96. The Morgan fingerprint density at radius 3 is 2.55 bits per heavy atom. The van der Waals surface area contributed by atoms with Gasteiger partial charge in [0.1, 0.15) is 6.04 Å². The first-order chi connectivity index (χ1) is 9.42. The second-order valence-corrected chi connectivity index (χ2v) is 5.96. The highest BCUT2D eigenvalue weighted by Gasteiger charge is 2.40. The monoisotopic (exact) mass is 274 g/mol. The van der Waals surface area contributed by atoms with Crippen LogP contribution in [0.3, 0.4) is 0 Å². The zero-order chi connectivity index (χ0) is 14.8. The second kappa shape index (κ2) is 5.65. The molecule has 1 aliphatic heterocycles. The Morgan fingerprint density at radius 1 is 1.25 bits per heavy atom. The van der Waals surface area contributed by atoms with Gasteiger partial charge in [-0.1, -0.05) is 30.3 Å². The summed E-state index contributed by atoms with van der Waals surface area (Å²) in [6, 6.07) is 9.81. The number of benzene rings is 1. The summed E-state index contributed by atoms with van der Waals surface area (Å²) in [5.41, 5.74) is 0.923. The molecule has 4 heteroatoms. The Bertz CT molecular complexity index is 496. The molecule has 1 aliphatic rings. The third kappa shape index (κ3) is 3.00. The standard InChI is InChI=1S/C16H22N2O2/c1-12-15(20)17-11-14(19)18(12)16(2,3)10-9-13-7-5-4-6-8-13/h4-8,12H,9-11H2,1-3H3,(H,17,20). The van der Waals surface area contributed by atoms with Gasteiger partial charge in [-0.25, -0.2) is 0 Å². The van der Waals surface area contributed by atoms with E-state index in [4.69, 9.17) is 0 Å². The molecule has 1 N–H and O–H groups in total. The van der Waals surface area contributed by atoms with Gasteiger partial charge in [0.15, 0.2) is 0 Å². The Balaban J connectivity index is 2.08. The number of hydrogen-bond acceptors (Lipinski definition) is 2. The molecular weight excluding hydrogens is 252 g/mol. The maximum atomic E-state index is 12.1. The van der Waals surface area contributed by atoms with E-state index in [1.165, 1.54) is 5.56 Å². The molecule has 1 aromatic carbocycles. The number of nitrogens with one attached hydrogen (secondary N) is 1. The van der Waals surface area contributed by atoms with Crippen molar-refractivity contribution in [3.63, 3.8) is 0 Å². The van der Waals surface area contributed by atoms with E-state index in [1.807, 2.05) is 32.0 Å². The first-order valence-corrected chi connectivity index (χ1v) is 7.05. The van der Waals surface area contributed by atoms with E-state index >= 15 is 0 Å². The van der Waals surface area contributed by atoms with Gasteiger partial charge in [-0.15, -0.1) is 0 Å². The molecule has 1 aromatic rings. The van der Waals surface area contributed by atoms with E-state index < -0.39 is 6.04 Å². The maximum absolute atomic E-state index is 12.1. The Labute approximate surface area is 120 Å². The minimum Gasteiger partial charge on any atom is -0.345 e. The van der Waals surface area contributed by atoms with Crippen LogP contribution in [-0.4, -0.2) is 34.8 Å². The molecule has 0 aliphatic carbocycles. The molecule has 0 aromatic heterocycles. The molecule has 0 radical (unpaired) electrons. The van der Waals surface area contributed by atoms with Crippen LogP contribution >= 0.6 is 0 Å². The minimum atomic E-state index is -0.401. The molecule has 20 heavy (non-hydrogen) atoms. The third-order valence-corrected chi connectivity index (χ3v) is 3.97. The minimum absolute atomic E-state index is 0.00448. The molecule has 2 rings (SSSR count). The van der Waals surface area contributed by atoms with Gasteiger partial charge in [0.25, 0.3) is 0 Å². The molecule has 1 atom stereocenters. The van der Waals surface area contributed by atoms with Gasteiger partial charge in [0, 0.05) is 5.54 Å². The number of nitrogens with zero attached hydrogens (tertiary/aromatic N) is 1. The van der Waals surface area contributed by atoms with Crippen molar-refractivity contribution in [2.45, 2.75) is 45.2 Å². The third-order valence-electron chi connectivity index (χ3n) is 3.97. The first kappa shape index (κ1) is 14.6. The highest BCUT2D eigenvalue weighted by atomic mass is 16.2. The zero-order valence-corrected chi connectivity index (χ0v) is 12.3. The van der Waals surface area contributed by atoms with Gasteiger partial charge in [0.2, 0.25) is 11.8 Å². The fourth-order valence-corrected chi connectivity index (χ4v) is 2.81. The van der Waals surface area contributed by atoms with Crippen LogP contribution in [0.5, 0.6) is 0 Å². The summed E-state index contributed by atoms with van der Waals surface area (Å²) in [7, 11) is 0. The normalized spacial score (nSPS) is 19.9. The lowest BCUT2D eigenvalue weighted by molar-refractivity contribution is -0.151. The molecule has 108 valence electrons. The van der Waals surface area contributed by atoms with Crippen LogP contribution in [-0.2, 0) is 16.0 Å². The number of rotatable bonds is 4. The van der Waals surface area contributed by atoms with Gasteiger partial charge < -0.3 is 10.2 Å². The lowest BCUT2D eigenvalue weighted by atomic mass is 9.91. The molecule has 1 saturated heterocycles. The number of piperazine rings is 1. The van der Waals surface area contributed by atoms with Crippen LogP contribution in [0.25, 0.3) is 0 Å². The van der Waals surface area contributed by atoms with E-state index in [9.17, 15) is 9.59 Å². The average Bonchev–Trinajstić information content (AvgIpc) is 2.42. The lowest BCUT2D eigenvalue weighted by Gasteiger charge is -2.44. The van der Waals surface area contributed by atoms with Crippen molar-refractivity contribution in [2.75, 3.05) is 6.54 Å². The number of amides is 2. The van der Waals surface area contributed by atoms with Crippen LogP contribution in [0.4, 0.5) is 0 Å². The lowest BCUT2D eigenvalue weighted by Crippen LogP contribution is -2.63. The van der Waals surface area contributed by atoms with E-state index in [1.54, 1.807) is 11.8 Å². The van der Waals surface area contributed by atoms with Crippen molar-refractivity contribution < 1.29 is 9.59 Å². The molecular formula is C16H22N2O2. The van der Waals surface area contributed by atoms with Crippen molar-refractivity contribution in [1.29, 1.82) is 0 Å². The summed E-state index contributed by atoms with van der Waals surface area (Å²) in [4.78, 5) is 25.6. The second-order valence-electron chi connectivity index (χ2n) is 5.96. The molecule has 1 unspecified atom stereocenters. The Hall–Kier alpha value is -1.84. The molecule has 1 heterocycles. The summed E-state index contributed by atoms with van der Waals surface area (Å²) in [6.07, 6.45) is 1.73. The van der Waals surface area contributed by atoms with Gasteiger partial charge in [-0.3, -0.25) is 9.59 Å². The van der Waals surface area contributed by atoms with Gasteiger partial charge in [-0.05, 0) is 39.2 Å². The van der Waals surface area contributed by atoms with Gasteiger partial charge in [-0.2, -0.15) is 0 Å². The van der Waals surface area contributed by atoms with Gasteiger partial charge >= 0.3 is 0 Å². The van der Waals surface area contributed by atoms with Crippen LogP contribution in [0.15, 0.2) is 30.3 Å². The van der Waals surface area contributed by atoms with E-state index in [0.29, 0.717) is 0 Å². The van der Waals surface area contributed by atoms with Crippen LogP contribution in [0.1, 0.15) is 32.8 Å². The van der Waals surface area contributed by atoms with Crippen molar-refractivity contribution >= 4 is 11.8 Å². The van der Waals surface area contributed by atoms with Crippen LogP contribution in [0.2, 0.25) is 0 Å². The average molecular weight is 274 g/mol. The summed E-state index contributed by atoms with van der Waals surface area (Å²) < 4.78 is 0. The van der Waals surface area contributed by atoms with Crippen molar-refractivity contribution in [3.05, 3.63) is 35.9 Å². The first-order valence-electron chi connectivity index (χ1n) is 7.05. The highest BCUT2D eigenvalue weighted by Crippen LogP contribution is 2.25. The van der Waals surface area contributed by atoms with E-state index in [-0.39, 0.29) is 23.9 Å². The number of hydrogen-bond donors (Lipinski definition) is 1.